The van der Waals surface area contributed by atoms with Gasteiger partial charge in [-0.1, -0.05) is 0 Å². The van der Waals surface area contributed by atoms with E-state index in [-0.39, 0.29) is 34.0 Å². The number of aryl methyl sites for hydroxylation is 2. The van der Waals surface area contributed by atoms with E-state index in [4.69, 9.17) is 34.4 Å². The fourth-order valence-electron chi connectivity index (χ4n) is 1.97. The van der Waals surface area contributed by atoms with Crippen molar-refractivity contribution < 1.29 is 11.0 Å². The molecule has 0 radical (unpaired) electrons. The minimum atomic E-state index is -0.467. The normalized spacial score (nSPS) is 8.89. The lowest BCUT2D eigenvalue weighted by molar-refractivity contribution is 0.823. The van der Waals surface area contributed by atoms with Gasteiger partial charge in [0.1, 0.15) is 23.3 Å². The summed E-state index contributed by atoms with van der Waals surface area (Å²) in [5.41, 5.74) is 30.8. The average Bonchev–Trinajstić information content (AvgIpc) is 2.73. The van der Waals surface area contributed by atoms with E-state index in [1.807, 2.05) is 0 Å². The first-order chi connectivity index (χ1) is 16.8. The second-order valence-electron chi connectivity index (χ2n) is 6.66. The smallest absolute Gasteiger partial charge is 0.325 e. The molecule has 20 nitrogen and oxygen atoms in total. The molecule has 208 valence electrons. The standard InChI is InChI=1S/2C5H6N2O2.2C4H7N5.2H2O/c2*1-3-2-6-5(9)7-4(3)8;2*5-2-1-3(6)9-4(7)8-2;;/h2*2H,1H3,(H2,6,7,8,9);2*1H,(H6,5,6,7,8,9);2*1H2. The number of hydrogen-bond donors (Lipinski definition) is 10. The maximum Gasteiger partial charge on any atom is 0.325 e. The van der Waals surface area contributed by atoms with Crippen molar-refractivity contribution in [2.45, 2.75) is 13.8 Å². The monoisotopic (exact) mass is 538 g/mol. The summed E-state index contributed by atoms with van der Waals surface area (Å²) in [6.07, 6.45) is 2.75. The van der Waals surface area contributed by atoms with Crippen LogP contribution in [0.1, 0.15) is 11.1 Å². The SMILES string of the molecule is Cc1c[nH]c(=O)[nH]c1=O.Cc1c[nH]c(=O)[nH]c1=O.Nc1cc(N)nc(N)n1.Nc1cc(N)nc(N)n1.O.O. The van der Waals surface area contributed by atoms with Crippen LogP contribution in [0.3, 0.4) is 0 Å². The molecule has 38 heavy (non-hydrogen) atoms. The van der Waals surface area contributed by atoms with Gasteiger partial charge in [-0.3, -0.25) is 19.6 Å². The minimum Gasteiger partial charge on any atom is -0.412 e. The number of hydrogen-bond acceptors (Lipinski definition) is 14. The molecule has 0 saturated carbocycles. The Labute approximate surface area is 212 Å². The molecule has 0 amide bonds. The summed E-state index contributed by atoms with van der Waals surface area (Å²) in [5.74, 6) is 1.38. The Balaban J connectivity index is 0. The number of nitrogens with zero attached hydrogens (tertiary/aromatic N) is 4. The molecule has 0 fully saturated rings. The van der Waals surface area contributed by atoms with Gasteiger partial charge >= 0.3 is 11.4 Å². The number of anilines is 6. The maximum absolute atomic E-state index is 10.6. The van der Waals surface area contributed by atoms with Gasteiger partial charge in [0, 0.05) is 35.7 Å². The highest BCUT2D eigenvalue weighted by atomic mass is 16.2. The van der Waals surface area contributed by atoms with Gasteiger partial charge in [0.2, 0.25) is 11.9 Å². The quantitative estimate of drug-likeness (QED) is 0.101. The fraction of sp³-hybridized carbons (Fsp3) is 0.111. The molecule has 0 saturated heterocycles. The van der Waals surface area contributed by atoms with Crippen LogP contribution in [-0.2, 0) is 0 Å². The fourth-order valence-corrected chi connectivity index (χ4v) is 1.97. The Bertz CT molecular complexity index is 1310. The first-order valence-electron chi connectivity index (χ1n) is 9.65. The summed E-state index contributed by atoms with van der Waals surface area (Å²) in [5, 5.41) is 0. The zero-order valence-electron chi connectivity index (χ0n) is 20.2. The lowest BCUT2D eigenvalue weighted by Crippen LogP contribution is -2.22. The van der Waals surface area contributed by atoms with E-state index in [0.717, 1.165) is 0 Å². The largest absolute Gasteiger partial charge is 0.412 e. The van der Waals surface area contributed by atoms with Crippen molar-refractivity contribution in [3.05, 3.63) is 77.3 Å². The molecule has 0 spiro atoms. The molecule has 0 aromatic carbocycles. The molecule has 4 rings (SSSR count). The lowest BCUT2D eigenvalue weighted by Gasteiger charge is -1.94. The van der Waals surface area contributed by atoms with Crippen molar-refractivity contribution in [1.29, 1.82) is 0 Å². The van der Waals surface area contributed by atoms with Crippen LogP contribution < -0.4 is 56.9 Å². The summed E-state index contributed by atoms with van der Waals surface area (Å²) < 4.78 is 0. The highest BCUT2D eigenvalue weighted by molar-refractivity contribution is 5.45. The molecular weight excluding hydrogens is 508 g/mol. The van der Waals surface area contributed by atoms with Gasteiger partial charge in [-0.15, -0.1) is 0 Å². The van der Waals surface area contributed by atoms with Crippen LogP contribution in [0.15, 0.2) is 43.7 Å². The molecule has 4 aromatic rings. The zero-order valence-corrected chi connectivity index (χ0v) is 20.2. The molecule has 20 heteroatoms. The van der Waals surface area contributed by atoms with E-state index in [1.54, 1.807) is 13.8 Å². The third kappa shape index (κ3) is 13.2. The molecule has 4 heterocycles. The van der Waals surface area contributed by atoms with Gasteiger partial charge in [0.05, 0.1) is 0 Å². The molecule has 0 bridgehead atoms. The van der Waals surface area contributed by atoms with Crippen LogP contribution in [0, 0.1) is 13.8 Å². The average molecular weight is 539 g/mol. The van der Waals surface area contributed by atoms with Crippen molar-refractivity contribution in [3.8, 4) is 0 Å². The minimum absolute atomic E-state index is 0. The predicted molar refractivity (Wildman–Crippen MR) is 143 cm³/mol. The Morgan fingerprint density at radius 2 is 0.816 bits per heavy atom. The molecule has 0 aliphatic rings. The zero-order chi connectivity index (χ0) is 27.4. The van der Waals surface area contributed by atoms with Gasteiger partial charge in [-0.25, -0.2) is 9.59 Å². The highest BCUT2D eigenvalue weighted by Gasteiger charge is 1.93. The summed E-state index contributed by atoms with van der Waals surface area (Å²) in [6.45, 7) is 3.24. The van der Waals surface area contributed by atoms with Crippen LogP contribution in [0.2, 0.25) is 0 Å². The predicted octanol–water partition coefficient (Wildman–Crippen LogP) is -4.46. The Morgan fingerprint density at radius 3 is 1.00 bits per heavy atom. The Morgan fingerprint density at radius 1 is 0.553 bits per heavy atom. The lowest BCUT2D eigenvalue weighted by atomic mass is 10.4. The van der Waals surface area contributed by atoms with Crippen LogP contribution in [0.5, 0.6) is 0 Å². The number of nitrogens with two attached hydrogens (primary N) is 6. The second kappa shape index (κ2) is 16.0. The van der Waals surface area contributed by atoms with Crippen molar-refractivity contribution in [3.63, 3.8) is 0 Å². The first-order valence-corrected chi connectivity index (χ1v) is 9.65. The van der Waals surface area contributed by atoms with E-state index in [1.165, 1.54) is 24.5 Å². The number of nitrogen functional groups attached to an aromatic ring is 6. The van der Waals surface area contributed by atoms with E-state index >= 15 is 0 Å². The Hall–Kier alpha value is -5.76. The van der Waals surface area contributed by atoms with Gasteiger partial charge in [0.15, 0.2) is 0 Å². The molecule has 0 aliphatic carbocycles. The van der Waals surface area contributed by atoms with Crippen molar-refractivity contribution in [2.75, 3.05) is 34.4 Å². The summed E-state index contributed by atoms with van der Waals surface area (Å²) >= 11 is 0. The number of aromatic amines is 4. The highest BCUT2D eigenvalue weighted by Crippen LogP contribution is 2.04. The number of aromatic nitrogens is 8. The number of H-pyrrole nitrogens is 4. The molecule has 0 aliphatic heterocycles. The van der Waals surface area contributed by atoms with Crippen LogP contribution in [0.4, 0.5) is 35.2 Å². The van der Waals surface area contributed by atoms with Crippen LogP contribution in [0.25, 0.3) is 0 Å². The van der Waals surface area contributed by atoms with Crippen LogP contribution >= 0.6 is 0 Å². The summed E-state index contributed by atoms with van der Waals surface area (Å²) in [6, 6.07) is 2.88. The van der Waals surface area contributed by atoms with Gasteiger partial charge in [-0.2, -0.15) is 19.9 Å². The van der Waals surface area contributed by atoms with Crippen molar-refractivity contribution >= 4 is 35.2 Å². The number of nitrogens with one attached hydrogen (secondary N) is 4. The molecular formula is C18H30N14O6. The van der Waals surface area contributed by atoms with E-state index in [0.29, 0.717) is 34.4 Å². The van der Waals surface area contributed by atoms with Crippen molar-refractivity contribution in [1.82, 2.24) is 39.9 Å². The number of rotatable bonds is 0. The molecule has 0 unspecified atom stereocenters. The molecule has 4 aromatic heterocycles. The summed E-state index contributed by atoms with van der Waals surface area (Å²) in [7, 11) is 0. The maximum atomic E-state index is 10.6. The molecule has 20 N–H and O–H groups in total. The first kappa shape index (κ1) is 34.4. The third-order valence-corrected chi connectivity index (χ3v) is 3.58. The Kier molecular flexibility index (Phi) is 14.5. The van der Waals surface area contributed by atoms with Crippen LogP contribution in [-0.4, -0.2) is 50.8 Å². The summed E-state index contributed by atoms with van der Waals surface area (Å²) in [4.78, 5) is 65.0. The van der Waals surface area contributed by atoms with Gasteiger partial charge in [0.25, 0.3) is 11.1 Å². The van der Waals surface area contributed by atoms with E-state index < -0.39 is 11.4 Å². The van der Waals surface area contributed by atoms with E-state index in [9.17, 15) is 19.2 Å². The third-order valence-electron chi connectivity index (χ3n) is 3.58. The topological polar surface area (TPSA) is 402 Å². The second-order valence-corrected chi connectivity index (χ2v) is 6.66. The van der Waals surface area contributed by atoms with Crippen molar-refractivity contribution in [2.24, 2.45) is 0 Å². The van der Waals surface area contributed by atoms with Gasteiger partial charge in [-0.05, 0) is 13.8 Å². The van der Waals surface area contributed by atoms with E-state index in [2.05, 4.69) is 39.9 Å². The molecule has 0 atom stereocenters. The van der Waals surface area contributed by atoms with Gasteiger partial charge < -0.3 is 55.3 Å².